The average molecular weight is 416 g/mol. The van der Waals surface area contributed by atoms with Gasteiger partial charge in [0, 0.05) is 19.2 Å². The van der Waals surface area contributed by atoms with E-state index in [9.17, 15) is 14.8 Å². The number of hydrogen-bond donors (Lipinski definition) is 5. The monoisotopic (exact) mass is 416 g/mol. The summed E-state index contributed by atoms with van der Waals surface area (Å²) < 4.78 is 5.79. The summed E-state index contributed by atoms with van der Waals surface area (Å²) >= 11 is 0. The van der Waals surface area contributed by atoms with Gasteiger partial charge in [0.1, 0.15) is 0 Å². The minimum absolute atomic E-state index is 0.0106. The summed E-state index contributed by atoms with van der Waals surface area (Å²) in [5.41, 5.74) is 12.6. The van der Waals surface area contributed by atoms with E-state index in [0.29, 0.717) is 24.9 Å². The predicted molar refractivity (Wildman–Crippen MR) is 117 cm³/mol. The standard InChI is InChI=1S/C21H33BN4O4/c1-30-21-11-8-20(9-12-21,10-13-21)16-6-4-15(5-7-16)18(27)26-17(22(28)29)3-2-14-25-19(23)24/h4-7,17,28-29H,2-3,8-14H2,1H3,(H,26,27)(H4,23,24,25). The van der Waals surface area contributed by atoms with E-state index in [4.69, 9.17) is 16.2 Å². The number of amides is 1. The molecule has 3 fully saturated rings. The largest absolute Gasteiger partial charge is 0.475 e. The molecule has 0 aromatic heterocycles. The molecular weight excluding hydrogens is 383 g/mol. The van der Waals surface area contributed by atoms with Crippen molar-refractivity contribution >= 4 is 19.0 Å². The number of hydrogen-bond acceptors (Lipinski definition) is 5. The quantitative estimate of drug-likeness (QED) is 0.175. The van der Waals surface area contributed by atoms with E-state index >= 15 is 0 Å². The van der Waals surface area contributed by atoms with E-state index < -0.39 is 13.1 Å². The van der Waals surface area contributed by atoms with Gasteiger partial charge in [-0.2, -0.15) is 0 Å². The summed E-state index contributed by atoms with van der Waals surface area (Å²) in [6.45, 7) is 0.364. The number of ether oxygens (including phenoxy) is 1. The number of nitrogens with one attached hydrogen (secondary N) is 1. The number of nitrogens with two attached hydrogens (primary N) is 2. The van der Waals surface area contributed by atoms with Gasteiger partial charge in [-0.05, 0) is 74.5 Å². The molecule has 1 aromatic rings. The van der Waals surface area contributed by atoms with Crippen LogP contribution in [0.2, 0.25) is 0 Å². The smallest absolute Gasteiger partial charge is 0.426 e. The molecule has 1 atom stereocenters. The van der Waals surface area contributed by atoms with Crippen molar-refractivity contribution < 1.29 is 19.6 Å². The molecule has 3 aliphatic rings. The number of carbonyl (C=O) groups is 1. The highest BCUT2D eigenvalue weighted by atomic mass is 16.5. The van der Waals surface area contributed by atoms with E-state index in [0.717, 1.165) is 38.5 Å². The van der Waals surface area contributed by atoms with E-state index in [1.165, 1.54) is 5.56 Å². The van der Waals surface area contributed by atoms with Gasteiger partial charge in [-0.25, -0.2) is 0 Å². The first-order chi connectivity index (χ1) is 14.3. The molecule has 8 nitrogen and oxygen atoms in total. The molecule has 3 saturated carbocycles. The lowest BCUT2D eigenvalue weighted by Crippen LogP contribution is -2.49. The minimum Gasteiger partial charge on any atom is -0.426 e. The van der Waals surface area contributed by atoms with Gasteiger partial charge in [-0.1, -0.05) is 12.1 Å². The molecule has 0 saturated heterocycles. The summed E-state index contributed by atoms with van der Waals surface area (Å²) in [7, 11) is 0.167. The van der Waals surface area contributed by atoms with Crippen LogP contribution in [-0.4, -0.2) is 54.2 Å². The molecule has 2 bridgehead atoms. The Labute approximate surface area is 178 Å². The van der Waals surface area contributed by atoms with Crippen molar-refractivity contribution in [2.24, 2.45) is 16.5 Å². The number of nitrogens with zero attached hydrogens (tertiary/aromatic N) is 1. The Kier molecular flexibility index (Phi) is 7.05. The second-order valence-corrected chi connectivity index (χ2v) is 8.69. The van der Waals surface area contributed by atoms with Crippen LogP contribution in [-0.2, 0) is 10.2 Å². The van der Waals surface area contributed by atoms with E-state index in [1.807, 2.05) is 31.4 Å². The molecule has 1 amide bonds. The van der Waals surface area contributed by atoms with E-state index in [2.05, 4.69) is 10.3 Å². The fourth-order valence-electron chi connectivity index (χ4n) is 4.93. The first-order valence-electron chi connectivity index (χ1n) is 10.7. The Morgan fingerprint density at radius 1 is 1.17 bits per heavy atom. The van der Waals surface area contributed by atoms with Gasteiger partial charge in [-0.3, -0.25) is 9.79 Å². The number of rotatable bonds is 9. The fraction of sp³-hybridized carbons (Fsp3) is 0.619. The van der Waals surface area contributed by atoms with Gasteiger partial charge in [0.25, 0.3) is 5.91 Å². The van der Waals surface area contributed by atoms with Crippen molar-refractivity contribution in [1.82, 2.24) is 5.32 Å². The lowest BCUT2D eigenvalue weighted by Gasteiger charge is -2.53. The van der Waals surface area contributed by atoms with Crippen molar-refractivity contribution in [3.63, 3.8) is 0 Å². The number of fused-ring (bicyclic) bond motifs is 3. The molecule has 164 valence electrons. The number of carbonyl (C=O) groups excluding carboxylic acids is 1. The third-order valence-corrected chi connectivity index (χ3v) is 7.01. The molecule has 9 heteroatoms. The van der Waals surface area contributed by atoms with Crippen LogP contribution >= 0.6 is 0 Å². The lowest BCUT2D eigenvalue weighted by molar-refractivity contribution is -0.0955. The zero-order valence-corrected chi connectivity index (χ0v) is 17.6. The van der Waals surface area contributed by atoms with Gasteiger partial charge in [0.05, 0.1) is 11.5 Å². The van der Waals surface area contributed by atoms with Crippen LogP contribution in [0.4, 0.5) is 0 Å². The van der Waals surface area contributed by atoms with Gasteiger partial charge in [0.15, 0.2) is 5.96 Å². The molecule has 0 spiro atoms. The highest BCUT2D eigenvalue weighted by molar-refractivity contribution is 6.43. The van der Waals surface area contributed by atoms with Gasteiger partial charge in [0.2, 0.25) is 0 Å². The topological polar surface area (TPSA) is 143 Å². The zero-order chi connectivity index (χ0) is 21.8. The molecule has 3 aliphatic carbocycles. The Morgan fingerprint density at radius 3 is 2.27 bits per heavy atom. The lowest BCUT2D eigenvalue weighted by atomic mass is 9.56. The number of methoxy groups -OCH3 is 1. The molecule has 1 unspecified atom stereocenters. The summed E-state index contributed by atoms with van der Waals surface area (Å²) in [5.74, 6) is -1.13. The summed E-state index contributed by atoms with van der Waals surface area (Å²) in [4.78, 5) is 16.5. The molecule has 7 N–H and O–H groups in total. The van der Waals surface area contributed by atoms with Crippen molar-refractivity contribution in [3.05, 3.63) is 35.4 Å². The van der Waals surface area contributed by atoms with Crippen LogP contribution < -0.4 is 16.8 Å². The fourth-order valence-corrected chi connectivity index (χ4v) is 4.93. The number of benzene rings is 1. The van der Waals surface area contributed by atoms with Gasteiger partial charge in [-0.15, -0.1) is 0 Å². The second kappa shape index (κ2) is 9.37. The van der Waals surface area contributed by atoms with Crippen molar-refractivity contribution in [3.8, 4) is 0 Å². The molecule has 1 aromatic carbocycles. The van der Waals surface area contributed by atoms with E-state index in [1.54, 1.807) is 0 Å². The van der Waals surface area contributed by atoms with Crippen molar-refractivity contribution in [2.45, 2.75) is 68.3 Å². The SMILES string of the molecule is COC12CCC(c3ccc(C(=O)NC(CCCN=C(N)N)B(O)O)cc3)(CC1)CC2. The van der Waals surface area contributed by atoms with E-state index in [-0.39, 0.29) is 22.9 Å². The molecule has 30 heavy (non-hydrogen) atoms. The summed E-state index contributed by atoms with van der Waals surface area (Å²) in [5, 5.41) is 21.9. The molecule has 0 radical (unpaired) electrons. The minimum atomic E-state index is -1.66. The maximum absolute atomic E-state index is 12.6. The average Bonchev–Trinajstić information content (AvgIpc) is 2.76. The maximum atomic E-state index is 12.6. The van der Waals surface area contributed by atoms with Crippen LogP contribution in [0.15, 0.2) is 29.3 Å². The molecule has 0 heterocycles. The van der Waals surface area contributed by atoms with Crippen LogP contribution in [0.3, 0.4) is 0 Å². The maximum Gasteiger partial charge on any atom is 0.475 e. The normalized spacial score (nSPS) is 26.1. The summed E-state index contributed by atoms with van der Waals surface area (Å²) in [6, 6.07) is 7.74. The van der Waals surface area contributed by atoms with Crippen LogP contribution in [0.25, 0.3) is 0 Å². The molecule has 0 aliphatic heterocycles. The number of aliphatic imine (C=N–C) groups is 1. The first kappa shape index (κ1) is 22.6. The van der Waals surface area contributed by atoms with Crippen LogP contribution in [0.5, 0.6) is 0 Å². The van der Waals surface area contributed by atoms with Crippen LogP contribution in [0, 0.1) is 0 Å². The second-order valence-electron chi connectivity index (χ2n) is 8.69. The van der Waals surface area contributed by atoms with Gasteiger partial charge < -0.3 is 31.6 Å². The Morgan fingerprint density at radius 2 is 1.77 bits per heavy atom. The van der Waals surface area contributed by atoms with Crippen LogP contribution in [0.1, 0.15) is 67.3 Å². The molecular formula is C21H33BN4O4. The third kappa shape index (κ3) is 4.96. The third-order valence-electron chi connectivity index (χ3n) is 7.01. The zero-order valence-electron chi connectivity index (χ0n) is 17.6. The number of guanidine groups is 1. The first-order valence-corrected chi connectivity index (χ1v) is 10.7. The highest BCUT2D eigenvalue weighted by Gasteiger charge is 2.49. The van der Waals surface area contributed by atoms with Gasteiger partial charge >= 0.3 is 7.12 Å². The van der Waals surface area contributed by atoms with Crippen molar-refractivity contribution in [2.75, 3.05) is 13.7 Å². The summed E-state index contributed by atoms with van der Waals surface area (Å²) in [6.07, 6.45) is 7.46. The highest BCUT2D eigenvalue weighted by Crippen LogP contribution is 2.54. The Balaban J connectivity index is 1.60. The predicted octanol–water partition coefficient (Wildman–Crippen LogP) is 0.841. The molecule has 4 rings (SSSR count). The Bertz CT molecular complexity index is 740. The van der Waals surface area contributed by atoms with Crippen molar-refractivity contribution in [1.29, 1.82) is 0 Å². The Hall–Kier alpha value is -2.10.